The van der Waals surface area contributed by atoms with Gasteiger partial charge in [-0.3, -0.25) is 9.69 Å². The summed E-state index contributed by atoms with van der Waals surface area (Å²) in [6.07, 6.45) is 1.54. The van der Waals surface area contributed by atoms with E-state index < -0.39 is 0 Å². The number of rotatable bonds is 12. The topological polar surface area (TPSA) is 88.9 Å². The molecule has 0 saturated carbocycles. The highest BCUT2D eigenvalue weighted by molar-refractivity contribution is 5.80. The van der Waals surface area contributed by atoms with E-state index >= 15 is 0 Å². The molecule has 0 fully saturated rings. The average molecular weight is 541 g/mol. The minimum Gasteiger partial charge on any atom is -0.494 e. The number of H-pyrrole nitrogens is 1. The number of pyridine rings is 1. The number of benzene rings is 3. The fourth-order valence-electron chi connectivity index (χ4n) is 5.01. The van der Waals surface area contributed by atoms with Crippen molar-refractivity contribution in [3.63, 3.8) is 0 Å². The van der Waals surface area contributed by atoms with Crippen molar-refractivity contribution < 1.29 is 9.13 Å². The third-order valence-corrected chi connectivity index (χ3v) is 7.04. The monoisotopic (exact) mass is 540 g/mol. The summed E-state index contributed by atoms with van der Waals surface area (Å²) >= 11 is 0. The van der Waals surface area contributed by atoms with Crippen molar-refractivity contribution in [3.8, 4) is 5.75 Å². The minimum absolute atomic E-state index is 0.123. The Balaban J connectivity index is 1.48. The number of nitrogens with one attached hydrogen (secondary N) is 1. The lowest BCUT2D eigenvalue weighted by atomic mass is 10.1. The van der Waals surface area contributed by atoms with Crippen LogP contribution in [0, 0.1) is 5.82 Å². The summed E-state index contributed by atoms with van der Waals surface area (Å²) in [5.41, 5.74) is 3.41. The number of ether oxygens (including phenoxy) is 1. The van der Waals surface area contributed by atoms with Crippen molar-refractivity contribution in [1.29, 1.82) is 0 Å². The van der Waals surface area contributed by atoms with Gasteiger partial charge in [-0.25, -0.2) is 9.07 Å². The molecule has 5 aromatic rings. The van der Waals surface area contributed by atoms with Crippen LogP contribution in [0.1, 0.15) is 48.8 Å². The molecule has 1 atom stereocenters. The van der Waals surface area contributed by atoms with Gasteiger partial charge >= 0.3 is 0 Å². The number of aromatic amines is 1. The Hall–Kier alpha value is -4.37. The number of fused-ring (bicyclic) bond motifs is 1. The van der Waals surface area contributed by atoms with Crippen LogP contribution in [0.5, 0.6) is 5.75 Å². The second kappa shape index (κ2) is 12.7. The molecular weight excluding hydrogens is 507 g/mol. The van der Waals surface area contributed by atoms with Gasteiger partial charge in [0.05, 0.1) is 19.2 Å². The van der Waals surface area contributed by atoms with E-state index in [2.05, 4.69) is 44.5 Å². The van der Waals surface area contributed by atoms with Gasteiger partial charge in [0.2, 0.25) is 0 Å². The maximum Gasteiger partial charge on any atom is 0.252 e. The fraction of sp³-hybridized carbons (Fsp3) is 0.290. The van der Waals surface area contributed by atoms with Crippen molar-refractivity contribution in [2.45, 2.75) is 45.8 Å². The van der Waals surface area contributed by atoms with Crippen molar-refractivity contribution in [1.82, 2.24) is 30.1 Å². The summed E-state index contributed by atoms with van der Waals surface area (Å²) in [5, 5.41) is 13.5. The highest BCUT2D eigenvalue weighted by Gasteiger charge is 2.26. The first kappa shape index (κ1) is 27.2. The second-order valence-corrected chi connectivity index (χ2v) is 9.76. The molecule has 0 amide bonds. The molecule has 0 aliphatic carbocycles. The van der Waals surface area contributed by atoms with Gasteiger partial charge in [-0.15, -0.1) is 5.10 Å². The Labute approximate surface area is 232 Å². The molecule has 1 N–H and O–H groups in total. The van der Waals surface area contributed by atoms with E-state index in [0.29, 0.717) is 37.6 Å². The molecular formula is C31H33FN6O2. The van der Waals surface area contributed by atoms with Crippen LogP contribution in [-0.2, 0) is 19.5 Å². The smallest absolute Gasteiger partial charge is 0.252 e. The summed E-state index contributed by atoms with van der Waals surface area (Å²) in [5.74, 6) is 1.18. The van der Waals surface area contributed by atoms with Gasteiger partial charge in [0.25, 0.3) is 5.56 Å². The van der Waals surface area contributed by atoms with Gasteiger partial charge in [-0.1, -0.05) is 49.4 Å². The Morgan fingerprint density at radius 2 is 1.80 bits per heavy atom. The van der Waals surface area contributed by atoms with Gasteiger partial charge in [-0.2, -0.15) is 0 Å². The summed E-state index contributed by atoms with van der Waals surface area (Å²) in [4.78, 5) is 18.5. The first-order chi connectivity index (χ1) is 19.5. The molecule has 2 heterocycles. The zero-order valence-corrected chi connectivity index (χ0v) is 22.8. The lowest BCUT2D eigenvalue weighted by molar-refractivity contribution is 0.172. The predicted molar refractivity (Wildman–Crippen MR) is 153 cm³/mol. The molecule has 2 aromatic heterocycles. The maximum atomic E-state index is 13.5. The molecule has 5 rings (SSSR count). The number of halogens is 1. The van der Waals surface area contributed by atoms with Crippen molar-refractivity contribution >= 4 is 10.9 Å². The van der Waals surface area contributed by atoms with Crippen molar-refractivity contribution in [2.24, 2.45) is 0 Å². The Morgan fingerprint density at radius 3 is 2.55 bits per heavy atom. The van der Waals surface area contributed by atoms with E-state index in [1.54, 1.807) is 16.8 Å². The third kappa shape index (κ3) is 6.43. The van der Waals surface area contributed by atoms with Crippen LogP contribution < -0.4 is 10.3 Å². The third-order valence-electron chi connectivity index (χ3n) is 7.04. The lowest BCUT2D eigenvalue weighted by Crippen LogP contribution is -2.34. The van der Waals surface area contributed by atoms with E-state index in [1.807, 2.05) is 49.4 Å². The molecule has 206 valence electrons. The van der Waals surface area contributed by atoms with Crippen LogP contribution >= 0.6 is 0 Å². The van der Waals surface area contributed by atoms with E-state index in [-0.39, 0.29) is 17.4 Å². The molecule has 3 aromatic carbocycles. The first-order valence-electron chi connectivity index (χ1n) is 13.6. The molecule has 0 aliphatic rings. The minimum atomic E-state index is -0.284. The molecule has 40 heavy (non-hydrogen) atoms. The van der Waals surface area contributed by atoms with Gasteiger partial charge in [-0.05, 0) is 77.7 Å². The molecule has 0 spiro atoms. The van der Waals surface area contributed by atoms with Gasteiger partial charge in [0.1, 0.15) is 11.6 Å². The normalized spacial score (nSPS) is 12.2. The Kier molecular flexibility index (Phi) is 8.61. The second-order valence-electron chi connectivity index (χ2n) is 9.76. The van der Waals surface area contributed by atoms with E-state index in [1.165, 1.54) is 17.7 Å². The standard InChI is InChI=1S/C31H33FN6O2/c1-3-29(30-34-35-36-38(30)20-23-10-12-26(32)13-11-23)37(17-16-22-8-6-5-7-9-22)21-25-18-24-19-27(40-4-2)14-15-28(24)33-31(25)39/h5-15,18-19,29H,3-4,16-17,20-21H2,1-2H3,(H,33,39)/t29-/m0/s1. The summed E-state index contributed by atoms with van der Waals surface area (Å²) in [6, 6.07) is 24.1. The summed E-state index contributed by atoms with van der Waals surface area (Å²) in [6.45, 7) is 6.14. The summed E-state index contributed by atoms with van der Waals surface area (Å²) in [7, 11) is 0. The SMILES string of the molecule is CCOc1ccc2[nH]c(=O)c(CN(CCc3ccccc3)[C@@H](CC)c3nnnn3Cc3ccc(F)cc3)cc2c1. The van der Waals surface area contributed by atoms with E-state index in [9.17, 15) is 9.18 Å². The fourth-order valence-corrected chi connectivity index (χ4v) is 5.01. The van der Waals surface area contributed by atoms with E-state index in [0.717, 1.165) is 35.1 Å². The van der Waals surface area contributed by atoms with Crippen LogP contribution in [0.2, 0.25) is 0 Å². The quantitative estimate of drug-likeness (QED) is 0.231. The largest absolute Gasteiger partial charge is 0.494 e. The molecule has 0 saturated heterocycles. The zero-order valence-electron chi connectivity index (χ0n) is 22.8. The molecule has 0 bridgehead atoms. The number of hydrogen-bond donors (Lipinski definition) is 1. The van der Waals surface area contributed by atoms with Crippen molar-refractivity contribution in [2.75, 3.05) is 13.2 Å². The molecule has 0 radical (unpaired) electrons. The van der Waals surface area contributed by atoms with E-state index in [4.69, 9.17) is 4.74 Å². The molecule has 0 unspecified atom stereocenters. The van der Waals surface area contributed by atoms with Gasteiger partial charge in [0.15, 0.2) is 5.82 Å². The number of aromatic nitrogens is 5. The van der Waals surface area contributed by atoms with Gasteiger partial charge < -0.3 is 9.72 Å². The number of tetrazole rings is 1. The highest BCUT2D eigenvalue weighted by Crippen LogP contribution is 2.26. The van der Waals surface area contributed by atoms with Crippen LogP contribution in [0.4, 0.5) is 4.39 Å². The average Bonchev–Trinajstić information content (AvgIpc) is 3.42. The molecule has 0 aliphatic heterocycles. The lowest BCUT2D eigenvalue weighted by Gasteiger charge is -2.30. The van der Waals surface area contributed by atoms with Gasteiger partial charge in [0, 0.05) is 29.6 Å². The Bertz CT molecular complexity index is 1600. The van der Waals surface area contributed by atoms with Crippen molar-refractivity contribution in [3.05, 3.63) is 118 Å². The van der Waals surface area contributed by atoms with Crippen LogP contribution in [0.3, 0.4) is 0 Å². The number of hydrogen-bond acceptors (Lipinski definition) is 6. The predicted octanol–water partition coefficient (Wildman–Crippen LogP) is 5.30. The number of nitrogens with zero attached hydrogens (tertiary/aromatic N) is 5. The first-order valence-corrected chi connectivity index (χ1v) is 13.6. The summed E-state index contributed by atoms with van der Waals surface area (Å²) < 4.78 is 20.9. The van der Waals surface area contributed by atoms with Crippen LogP contribution in [0.15, 0.2) is 83.7 Å². The molecule has 9 heteroatoms. The van der Waals surface area contributed by atoms with Crippen LogP contribution in [0.25, 0.3) is 10.9 Å². The molecule has 8 nitrogen and oxygen atoms in total. The Morgan fingerprint density at radius 1 is 1.00 bits per heavy atom. The van der Waals surface area contributed by atoms with Crippen LogP contribution in [-0.4, -0.2) is 43.2 Å². The zero-order chi connectivity index (χ0) is 27.9. The maximum absolute atomic E-state index is 13.5. The highest BCUT2D eigenvalue weighted by atomic mass is 19.1.